The number of rotatable bonds is 7. The molecule has 1 aliphatic rings. The molecule has 33 heavy (non-hydrogen) atoms. The molecule has 1 aliphatic heterocycles. The van der Waals surface area contributed by atoms with E-state index in [0.717, 1.165) is 16.3 Å². The molecule has 0 radical (unpaired) electrons. The van der Waals surface area contributed by atoms with Crippen LogP contribution in [0.5, 0.6) is 5.75 Å². The zero-order valence-corrected chi connectivity index (χ0v) is 19.9. The Morgan fingerprint density at radius 2 is 1.82 bits per heavy atom. The lowest BCUT2D eigenvalue weighted by atomic mass is 10.0. The van der Waals surface area contributed by atoms with Crippen molar-refractivity contribution in [1.29, 1.82) is 0 Å². The second-order valence-electron chi connectivity index (χ2n) is 7.44. The van der Waals surface area contributed by atoms with Crippen LogP contribution < -0.4 is 4.74 Å². The standard InChI is InChI=1S/C26H23NO4S2/c1-3-15-31-25(29)23(18-10-5-4-6-11-18)27-24(28)22(33-26(27)32)16-20-19-12-8-7-9-17(19)13-14-21(20)30-2/h4-14,16,23H,3,15H2,1-2H3/b22-16+. The Labute approximate surface area is 202 Å². The second-order valence-corrected chi connectivity index (χ2v) is 9.11. The molecule has 1 atom stereocenters. The minimum atomic E-state index is -0.939. The molecule has 3 aromatic carbocycles. The zero-order chi connectivity index (χ0) is 23.4. The highest BCUT2D eigenvalue weighted by Gasteiger charge is 2.42. The molecule has 0 saturated carbocycles. The number of amides is 1. The molecule has 7 heteroatoms. The summed E-state index contributed by atoms with van der Waals surface area (Å²) < 4.78 is 11.3. The molecule has 0 aromatic heterocycles. The average Bonchev–Trinajstić information content (AvgIpc) is 3.11. The third-order valence-corrected chi connectivity index (χ3v) is 6.63. The Morgan fingerprint density at radius 3 is 2.55 bits per heavy atom. The maximum atomic E-state index is 13.5. The summed E-state index contributed by atoms with van der Waals surface area (Å²) in [5.74, 6) is -0.174. The molecule has 0 spiro atoms. The van der Waals surface area contributed by atoms with Crippen molar-refractivity contribution < 1.29 is 19.1 Å². The smallest absolute Gasteiger partial charge is 0.333 e. The van der Waals surface area contributed by atoms with E-state index in [4.69, 9.17) is 21.7 Å². The number of nitrogens with zero attached hydrogens (tertiary/aromatic N) is 1. The first-order valence-electron chi connectivity index (χ1n) is 10.6. The number of fused-ring (bicyclic) bond motifs is 1. The van der Waals surface area contributed by atoms with Gasteiger partial charge in [-0.05, 0) is 34.9 Å². The Hall–Kier alpha value is -3.16. The number of ether oxygens (including phenoxy) is 2. The van der Waals surface area contributed by atoms with Gasteiger partial charge in [-0.2, -0.15) is 0 Å². The van der Waals surface area contributed by atoms with E-state index in [1.165, 1.54) is 16.7 Å². The maximum absolute atomic E-state index is 13.5. The van der Waals surface area contributed by atoms with Crippen LogP contribution in [-0.4, -0.2) is 34.8 Å². The summed E-state index contributed by atoms with van der Waals surface area (Å²) in [6.07, 6.45) is 2.48. The van der Waals surface area contributed by atoms with Gasteiger partial charge in [0.1, 0.15) is 10.1 Å². The lowest BCUT2D eigenvalue weighted by Crippen LogP contribution is -2.38. The topological polar surface area (TPSA) is 55.8 Å². The van der Waals surface area contributed by atoms with Crippen LogP contribution in [0.15, 0.2) is 71.6 Å². The fourth-order valence-electron chi connectivity index (χ4n) is 3.74. The Balaban J connectivity index is 1.76. The Bertz CT molecular complexity index is 1240. The molecule has 0 N–H and O–H groups in total. The van der Waals surface area contributed by atoms with Crippen molar-refractivity contribution in [2.45, 2.75) is 19.4 Å². The van der Waals surface area contributed by atoms with Crippen molar-refractivity contribution in [1.82, 2.24) is 4.90 Å². The number of esters is 1. The van der Waals surface area contributed by atoms with E-state index in [1.807, 2.05) is 61.5 Å². The summed E-state index contributed by atoms with van der Waals surface area (Å²) >= 11 is 6.74. The lowest BCUT2D eigenvalue weighted by Gasteiger charge is -2.25. The lowest BCUT2D eigenvalue weighted by molar-refractivity contribution is -0.151. The van der Waals surface area contributed by atoms with Gasteiger partial charge in [-0.25, -0.2) is 4.79 Å². The van der Waals surface area contributed by atoms with Gasteiger partial charge in [0, 0.05) is 5.56 Å². The van der Waals surface area contributed by atoms with E-state index >= 15 is 0 Å². The van der Waals surface area contributed by atoms with Gasteiger partial charge < -0.3 is 9.47 Å². The van der Waals surface area contributed by atoms with E-state index in [-0.39, 0.29) is 12.5 Å². The number of thioether (sulfide) groups is 1. The van der Waals surface area contributed by atoms with Crippen molar-refractivity contribution >= 4 is 57.0 Å². The van der Waals surface area contributed by atoms with Gasteiger partial charge in [-0.3, -0.25) is 9.69 Å². The highest BCUT2D eigenvalue weighted by molar-refractivity contribution is 8.26. The van der Waals surface area contributed by atoms with Gasteiger partial charge in [0.05, 0.1) is 18.6 Å². The van der Waals surface area contributed by atoms with E-state index in [2.05, 4.69) is 0 Å². The molecule has 0 aliphatic carbocycles. The SMILES string of the molecule is CCCOC(=O)C(c1ccccc1)N1C(=O)/C(=C\c2c(OC)ccc3ccccc23)SC1=S. The van der Waals surface area contributed by atoms with Crippen molar-refractivity contribution in [3.8, 4) is 5.75 Å². The zero-order valence-electron chi connectivity index (χ0n) is 18.3. The van der Waals surface area contributed by atoms with Crippen LogP contribution in [-0.2, 0) is 14.3 Å². The molecule has 1 saturated heterocycles. The van der Waals surface area contributed by atoms with Gasteiger partial charge in [-0.1, -0.05) is 91.6 Å². The summed E-state index contributed by atoms with van der Waals surface area (Å²) in [4.78, 5) is 28.3. The molecule has 168 valence electrons. The van der Waals surface area contributed by atoms with Crippen LogP contribution >= 0.6 is 24.0 Å². The molecular weight excluding hydrogens is 454 g/mol. The maximum Gasteiger partial charge on any atom is 0.333 e. The van der Waals surface area contributed by atoms with Crippen molar-refractivity contribution in [2.24, 2.45) is 0 Å². The predicted octanol–water partition coefficient (Wildman–Crippen LogP) is 5.74. The Morgan fingerprint density at radius 1 is 1.09 bits per heavy atom. The number of methoxy groups -OCH3 is 1. The first-order valence-corrected chi connectivity index (χ1v) is 11.8. The first-order chi connectivity index (χ1) is 16.0. The van der Waals surface area contributed by atoms with Crippen molar-refractivity contribution in [3.63, 3.8) is 0 Å². The van der Waals surface area contributed by atoms with E-state index in [1.54, 1.807) is 25.3 Å². The molecular formula is C26H23NO4S2. The molecule has 4 rings (SSSR count). The van der Waals surface area contributed by atoms with Crippen molar-refractivity contribution in [3.05, 3.63) is 82.8 Å². The normalized spacial score (nSPS) is 15.8. The Kier molecular flexibility index (Phi) is 7.11. The molecule has 1 unspecified atom stereocenters. The number of carbonyl (C=O) groups is 2. The van der Waals surface area contributed by atoms with Crippen LogP contribution in [0.1, 0.15) is 30.5 Å². The highest BCUT2D eigenvalue weighted by atomic mass is 32.2. The summed E-state index contributed by atoms with van der Waals surface area (Å²) in [6.45, 7) is 2.20. The second kappa shape index (κ2) is 10.2. The summed E-state index contributed by atoms with van der Waals surface area (Å²) in [5, 5.41) is 1.99. The van der Waals surface area contributed by atoms with Gasteiger partial charge in [0.25, 0.3) is 5.91 Å². The van der Waals surface area contributed by atoms with E-state index in [9.17, 15) is 9.59 Å². The first kappa shape index (κ1) is 23.0. The minimum absolute atomic E-state index is 0.278. The van der Waals surface area contributed by atoms with Crippen LogP contribution in [0.2, 0.25) is 0 Å². The van der Waals surface area contributed by atoms with Crippen LogP contribution in [0.3, 0.4) is 0 Å². The van der Waals surface area contributed by atoms with E-state index in [0.29, 0.717) is 27.0 Å². The highest BCUT2D eigenvalue weighted by Crippen LogP contribution is 2.40. The van der Waals surface area contributed by atoms with Crippen LogP contribution in [0.4, 0.5) is 0 Å². The van der Waals surface area contributed by atoms with Gasteiger partial charge in [-0.15, -0.1) is 0 Å². The third-order valence-electron chi connectivity index (χ3n) is 5.29. The third kappa shape index (κ3) is 4.65. The van der Waals surface area contributed by atoms with Crippen LogP contribution in [0, 0.1) is 0 Å². The number of carbonyl (C=O) groups excluding carboxylic acids is 2. The fraction of sp³-hybridized carbons (Fsp3) is 0.192. The average molecular weight is 478 g/mol. The predicted molar refractivity (Wildman–Crippen MR) is 136 cm³/mol. The largest absolute Gasteiger partial charge is 0.496 e. The fourth-order valence-corrected chi connectivity index (χ4v) is 5.04. The molecule has 1 heterocycles. The molecule has 1 amide bonds. The molecule has 5 nitrogen and oxygen atoms in total. The van der Waals surface area contributed by atoms with Crippen molar-refractivity contribution in [2.75, 3.05) is 13.7 Å². The molecule has 0 bridgehead atoms. The minimum Gasteiger partial charge on any atom is -0.496 e. The van der Waals surface area contributed by atoms with E-state index < -0.39 is 12.0 Å². The molecule has 3 aromatic rings. The number of hydrogen-bond acceptors (Lipinski definition) is 6. The summed E-state index contributed by atoms with van der Waals surface area (Å²) in [7, 11) is 1.60. The summed E-state index contributed by atoms with van der Waals surface area (Å²) in [6, 6.07) is 19.9. The number of hydrogen-bond donors (Lipinski definition) is 0. The quantitative estimate of drug-likeness (QED) is 0.246. The van der Waals surface area contributed by atoms with Gasteiger partial charge >= 0.3 is 5.97 Å². The van der Waals surface area contributed by atoms with Crippen LogP contribution in [0.25, 0.3) is 16.8 Å². The molecule has 1 fully saturated rings. The monoisotopic (exact) mass is 477 g/mol. The number of benzene rings is 3. The van der Waals surface area contributed by atoms with Gasteiger partial charge in [0.2, 0.25) is 0 Å². The van der Waals surface area contributed by atoms with Gasteiger partial charge in [0.15, 0.2) is 6.04 Å². The number of thiocarbonyl (C=S) groups is 1. The summed E-state index contributed by atoms with van der Waals surface area (Å²) in [5.41, 5.74) is 1.44.